The number of methoxy groups -OCH3 is 3. The van der Waals surface area contributed by atoms with Crippen molar-refractivity contribution in [3.05, 3.63) is 106 Å². The van der Waals surface area contributed by atoms with Gasteiger partial charge in [-0.25, -0.2) is 9.97 Å². The van der Waals surface area contributed by atoms with Gasteiger partial charge in [0.05, 0.1) is 21.3 Å². The molecule has 5 rings (SSSR count). The lowest BCUT2D eigenvalue weighted by Gasteiger charge is -2.18. The van der Waals surface area contributed by atoms with Crippen molar-refractivity contribution in [1.82, 2.24) is 29.7 Å². The summed E-state index contributed by atoms with van der Waals surface area (Å²) in [6.07, 6.45) is 7.67. The Hall–Kier alpha value is -4.73. The number of anilines is 1. The number of nitrogens with one attached hydrogen (secondary N) is 1. The average molecular weight is 568 g/mol. The van der Waals surface area contributed by atoms with Crippen LogP contribution in [-0.4, -0.2) is 51.0 Å². The Labute approximate surface area is 246 Å². The van der Waals surface area contributed by atoms with Gasteiger partial charge < -0.3 is 19.5 Å². The highest BCUT2D eigenvalue weighted by molar-refractivity contribution is 5.36. The topological polar surface area (TPSA) is 109 Å². The Morgan fingerprint density at radius 3 is 2.38 bits per heavy atom. The van der Waals surface area contributed by atoms with Crippen molar-refractivity contribution in [2.45, 2.75) is 52.5 Å². The molecule has 0 atom stereocenters. The number of aryl methyl sites for hydroxylation is 4. The highest BCUT2D eigenvalue weighted by atomic mass is 16.5. The van der Waals surface area contributed by atoms with Gasteiger partial charge in [-0.15, -0.1) is 5.10 Å². The zero-order chi connectivity index (χ0) is 29.5. The molecule has 0 unspecified atom stereocenters. The van der Waals surface area contributed by atoms with Gasteiger partial charge in [-0.3, -0.25) is 4.98 Å². The molecule has 1 aromatic carbocycles. The van der Waals surface area contributed by atoms with E-state index >= 15 is 0 Å². The molecule has 0 spiro atoms. The summed E-state index contributed by atoms with van der Waals surface area (Å²) in [6, 6.07) is 14.1. The van der Waals surface area contributed by atoms with E-state index in [1.54, 1.807) is 21.3 Å². The van der Waals surface area contributed by atoms with Crippen molar-refractivity contribution in [3.63, 3.8) is 0 Å². The van der Waals surface area contributed by atoms with E-state index in [2.05, 4.69) is 22.4 Å². The molecule has 0 bridgehead atoms. The Bertz CT molecular complexity index is 1570. The molecule has 1 aliphatic rings. The van der Waals surface area contributed by atoms with E-state index in [1.165, 1.54) is 5.57 Å². The largest absolute Gasteiger partial charge is 0.497 e. The Balaban J connectivity index is 1.43. The van der Waals surface area contributed by atoms with Crippen LogP contribution in [0.3, 0.4) is 0 Å². The van der Waals surface area contributed by atoms with Crippen molar-refractivity contribution in [2.75, 3.05) is 26.6 Å². The summed E-state index contributed by atoms with van der Waals surface area (Å²) in [4.78, 5) is 18.9. The number of nitrogens with zero attached hydrogens (tertiary/aromatic N) is 6. The monoisotopic (exact) mass is 567 g/mol. The van der Waals surface area contributed by atoms with E-state index in [0.717, 1.165) is 71.3 Å². The first-order valence-corrected chi connectivity index (χ1v) is 14.0. The van der Waals surface area contributed by atoms with Crippen LogP contribution >= 0.6 is 0 Å². The molecule has 0 aliphatic heterocycles. The van der Waals surface area contributed by atoms with Gasteiger partial charge in [-0.1, -0.05) is 23.8 Å². The molecule has 218 valence electrons. The number of benzene rings is 1. The zero-order valence-corrected chi connectivity index (χ0v) is 24.8. The molecule has 42 heavy (non-hydrogen) atoms. The van der Waals surface area contributed by atoms with Crippen LogP contribution in [0.2, 0.25) is 0 Å². The lowest BCUT2D eigenvalue weighted by atomic mass is 9.99. The number of aromatic nitrogens is 6. The maximum atomic E-state index is 5.58. The van der Waals surface area contributed by atoms with Gasteiger partial charge in [0.1, 0.15) is 23.2 Å². The lowest BCUT2D eigenvalue weighted by Crippen LogP contribution is -2.11. The maximum absolute atomic E-state index is 5.58. The third kappa shape index (κ3) is 7.12. The van der Waals surface area contributed by atoms with Gasteiger partial charge in [0.2, 0.25) is 5.95 Å². The van der Waals surface area contributed by atoms with Crippen molar-refractivity contribution in [1.29, 1.82) is 0 Å². The van der Waals surface area contributed by atoms with Crippen LogP contribution in [0.1, 0.15) is 47.0 Å². The number of pyridine rings is 1. The van der Waals surface area contributed by atoms with Crippen molar-refractivity contribution in [3.8, 4) is 11.6 Å². The summed E-state index contributed by atoms with van der Waals surface area (Å²) < 4.78 is 18.2. The number of rotatable bonds is 12. The van der Waals surface area contributed by atoms with E-state index in [1.807, 2.05) is 61.1 Å². The van der Waals surface area contributed by atoms with Crippen LogP contribution in [0.5, 0.6) is 5.75 Å². The fraction of sp³-hybridized carbons (Fsp3) is 0.344. The Morgan fingerprint density at radius 1 is 0.857 bits per heavy atom. The van der Waals surface area contributed by atoms with Crippen LogP contribution < -0.4 is 10.1 Å². The smallest absolute Gasteiger partial charge is 0.243 e. The van der Waals surface area contributed by atoms with Crippen LogP contribution in [0, 0.1) is 13.8 Å². The molecule has 1 N–H and O–H groups in total. The summed E-state index contributed by atoms with van der Waals surface area (Å²) in [7, 11) is 5.00. The second kappa shape index (κ2) is 13.3. The van der Waals surface area contributed by atoms with Crippen LogP contribution in [0.4, 0.5) is 5.95 Å². The molecular weight excluding hydrogens is 530 g/mol. The first-order chi connectivity index (χ1) is 20.4. The summed E-state index contributed by atoms with van der Waals surface area (Å²) >= 11 is 0. The van der Waals surface area contributed by atoms with E-state index in [-0.39, 0.29) is 0 Å². The van der Waals surface area contributed by atoms with Crippen molar-refractivity contribution in [2.24, 2.45) is 0 Å². The fourth-order valence-corrected chi connectivity index (χ4v) is 4.85. The molecule has 10 heteroatoms. The minimum absolute atomic E-state index is 0.527. The Kier molecular flexibility index (Phi) is 9.11. The predicted octanol–water partition coefficient (Wildman–Crippen LogP) is 5.24. The maximum Gasteiger partial charge on any atom is 0.243 e. The number of allylic oxidation sites excluding steroid dienone is 3. The van der Waals surface area contributed by atoms with Crippen molar-refractivity contribution < 1.29 is 14.2 Å². The Morgan fingerprint density at radius 2 is 1.67 bits per heavy atom. The van der Waals surface area contributed by atoms with E-state index < -0.39 is 0 Å². The van der Waals surface area contributed by atoms with Crippen LogP contribution in [-0.2, 0) is 35.3 Å². The lowest BCUT2D eigenvalue weighted by molar-refractivity contribution is 0.217. The van der Waals surface area contributed by atoms with Gasteiger partial charge in [0.25, 0.3) is 0 Å². The first-order valence-electron chi connectivity index (χ1n) is 14.0. The normalized spacial score (nSPS) is 13.1. The summed E-state index contributed by atoms with van der Waals surface area (Å²) in [5.74, 6) is 5.08. The second-order valence-corrected chi connectivity index (χ2v) is 10.2. The van der Waals surface area contributed by atoms with Gasteiger partial charge >= 0.3 is 0 Å². The summed E-state index contributed by atoms with van der Waals surface area (Å²) in [5, 5.41) is 8.22. The van der Waals surface area contributed by atoms with E-state index in [4.69, 9.17) is 34.3 Å². The van der Waals surface area contributed by atoms with E-state index in [9.17, 15) is 0 Å². The zero-order valence-electron chi connectivity index (χ0n) is 24.8. The SMILES string of the molecule is COC1=C(OC)CCC(Cc2nc(NCc3ccc(OC)cc3)nn2-c2cc(CCc3ccc(C)cn3)nc(C)n2)=C1. The van der Waals surface area contributed by atoms with Gasteiger partial charge in [-0.2, -0.15) is 9.67 Å². The second-order valence-electron chi connectivity index (χ2n) is 10.2. The number of hydrogen-bond acceptors (Lipinski definition) is 9. The number of ether oxygens (including phenoxy) is 3. The minimum atomic E-state index is 0.527. The fourth-order valence-electron chi connectivity index (χ4n) is 4.85. The quantitative estimate of drug-likeness (QED) is 0.246. The molecule has 0 amide bonds. The molecule has 1 aliphatic carbocycles. The molecule has 0 saturated heterocycles. The summed E-state index contributed by atoms with van der Waals surface area (Å²) in [6.45, 7) is 4.52. The highest BCUT2D eigenvalue weighted by Crippen LogP contribution is 2.28. The molecule has 0 fully saturated rings. The van der Waals surface area contributed by atoms with Crippen LogP contribution in [0.25, 0.3) is 5.82 Å². The van der Waals surface area contributed by atoms with Gasteiger partial charge in [0.15, 0.2) is 11.6 Å². The van der Waals surface area contributed by atoms with Gasteiger partial charge in [0, 0.05) is 43.0 Å². The molecule has 3 heterocycles. The standard InChI is InChI=1S/C32H37N7O3/c1-21-6-10-25(33-19-21)11-12-26-18-31(36-22(2)35-26)39-30(17-24-9-15-28(41-4)29(16-24)42-5)37-32(38-39)34-20-23-7-13-27(40-3)14-8-23/h6-8,10,13-14,16,18-19H,9,11-12,15,17,20H2,1-5H3,(H,34,38). The predicted molar refractivity (Wildman–Crippen MR) is 160 cm³/mol. The third-order valence-electron chi connectivity index (χ3n) is 7.12. The van der Waals surface area contributed by atoms with E-state index in [0.29, 0.717) is 30.6 Å². The molecule has 3 aromatic heterocycles. The molecule has 10 nitrogen and oxygen atoms in total. The minimum Gasteiger partial charge on any atom is -0.497 e. The molecule has 0 saturated carbocycles. The third-order valence-corrected chi connectivity index (χ3v) is 7.12. The summed E-state index contributed by atoms with van der Waals surface area (Å²) in [5.41, 5.74) is 5.38. The first kappa shape index (κ1) is 28.8. The molecular formula is C32H37N7O3. The number of hydrogen-bond donors (Lipinski definition) is 1. The van der Waals surface area contributed by atoms with Crippen LogP contribution in [0.15, 0.2) is 71.8 Å². The highest BCUT2D eigenvalue weighted by Gasteiger charge is 2.20. The van der Waals surface area contributed by atoms with Gasteiger partial charge in [-0.05, 0) is 68.5 Å². The average Bonchev–Trinajstić information content (AvgIpc) is 3.42. The molecule has 0 radical (unpaired) electrons. The molecule has 4 aromatic rings. The van der Waals surface area contributed by atoms with Crippen molar-refractivity contribution >= 4 is 5.95 Å².